The van der Waals surface area contributed by atoms with Crippen molar-refractivity contribution in [3.05, 3.63) is 34.6 Å². The number of benzene rings is 1. The molecular weight excluding hydrogens is 277 g/mol. The van der Waals surface area contributed by atoms with Gasteiger partial charge in [0.1, 0.15) is 5.82 Å². The highest BCUT2D eigenvalue weighted by Gasteiger charge is 2.18. The third-order valence-electron chi connectivity index (χ3n) is 2.57. The number of carbonyl (C=O) groups excluding carboxylic acids is 1. The van der Waals surface area contributed by atoms with Crippen molar-refractivity contribution in [2.75, 3.05) is 12.9 Å². The van der Waals surface area contributed by atoms with Gasteiger partial charge in [-0.3, -0.25) is 4.79 Å². The first kappa shape index (κ1) is 15.3. The van der Waals surface area contributed by atoms with Gasteiger partial charge in [-0.2, -0.15) is 11.8 Å². The minimum absolute atomic E-state index is 0.0132. The lowest BCUT2D eigenvalue weighted by Crippen LogP contribution is -2.35. The van der Waals surface area contributed by atoms with Gasteiger partial charge in [0.15, 0.2) is 0 Å². The zero-order valence-corrected chi connectivity index (χ0v) is 11.7. The van der Waals surface area contributed by atoms with Crippen molar-refractivity contribution < 1.29 is 14.3 Å². The van der Waals surface area contributed by atoms with Crippen LogP contribution >= 0.6 is 23.4 Å². The Balaban J connectivity index is 2.83. The summed E-state index contributed by atoms with van der Waals surface area (Å²) < 4.78 is 13.3. The van der Waals surface area contributed by atoms with Gasteiger partial charge in [-0.25, -0.2) is 4.39 Å². The molecule has 0 aliphatic carbocycles. The molecule has 0 aliphatic rings. The highest BCUT2D eigenvalue weighted by atomic mass is 35.5. The number of carbonyl (C=O) groups is 1. The Kier molecular flexibility index (Phi) is 5.91. The molecule has 0 radical (unpaired) electrons. The van der Waals surface area contributed by atoms with Crippen LogP contribution in [-0.4, -0.2) is 29.1 Å². The van der Waals surface area contributed by atoms with E-state index in [-0.39, 0.29) is 22.8 Å². The smallest absolute Gasteiger partial charge is 0.233 e. The maximum atomic E-state index is 13.3. The molecule has 2 atom stereocenters. The fourth-order valence-electron chi connectivity index (χ4n) is 1.36. The molecule has 0 saturated carbocycles. The SMILES string of the molecule is CSC(C)C(=O)NC(CO)c1ccc(Cl)c(F)c1. The van der Waals surface area contributed by atoms with Gasteiger partial charge >= 0.3 is 0 Å². The van der Waals surface area contributed by atoms with Crippen LogP contribution < -0.4 is 5.32 Å². The molecule has 2 N–H and O–H groups in total. The van der Waals surface area contributed by atoms with Gasteiger partial charge in [0.05, 0.1) is 22.9 Å². The average molecular weight is 292 g/mol. The molecule has 0 bridgehead atoms. The quantitative estimate of drug-likeness (QED) is 0.876. The van der Waals surface area contributed by atoms with Gasteiger partial charge in [0.25, 0.3) is 0 Å². The fraction of sp³-hybridized carbons (Fsp3) is 0.417. The molecule has 18 heavy (non-hydrogen) atoms. The largest absolute Gasteiger partial charge is 0.394 e. The molecule has 0 heterocycles. The zero-order chi connectivity index (χ0) is 13.7. The van der Waals surface area contributed by atoms with E-state index in [9.17, 15) is 14.3 Å². The van der Waals surface area contributed by atoms with E-state index in [0.29, 0.717) is 5.56 Å². The van der Waals surface area contributed by atoms with Crippen molar-refractivity contribution in [2.45, 2.75) is 18.2 Å². The first-order chi connectivity index (χ1) is 8.49. The standard InChI is InChI=1S/C12H15ClFNO2S/c1-7(18-2)12(17)15-11(6-16)8-3-4-9(13)10(14)5-8/h3-5,7,11,16H,6H2,1-2H3,(H,15,17). The molecule has 3 nitrogen and oxygen atoms in total. The molecular formula is C12H15ClFNO2S. The van der Waals surface area contributed by atoms with Crippen LogP contribution in [0.2, 0.25) is 5.02 Å². The number of hydrogen-bond donors (Lipinski definition) is 2. The van der Waals surface area contributed by atoms with E-state index < -0.39 is 11.9 Å². The van der Waals surface area contributed by atoms with E-state index in [1.54, 1.807) is 13.0 Å². The Morgan fingerprint density at radius 3 is 2.78 bits per heavy atom. The second kappa shape index (κ2) is 6.97. The van der Waals surface area contributed by atoms with E-state index in [1.807, 2.05) is 6.26 Å². The number of hydrogen-bond acceptors (Lipinski definition) is 3. The molecule has 1 rings (SSSR count). The van der Waals surface area contributed by atoms with Crippen molar-refractivity contribution in [2.24, 2.45) is 0 Å². The van der Waals surface area contributed by atoms with Crippen molar-refractivity contribution in [1.82, 2.24) is 5.32 Å². The average Bonchev–Trinajstić information content (AvgIpc) is 2.38. The third-order valence-corrected chi connectivity index (χ3v) is 3.80. The first-order valence-electron chi connectivity index (χ1n) is 5.38. The number of thioether (sulfide) groups is 1. The summed E-state index contributed by atoms with van der Waals surface area (Å²) in [5.74, 6) is -0.767. The van der Waals surface area contributed by atoms with Gasteiger partial charge in [-0.15, -0.1) is 0 Å². The summed E-state index contributed by atoms with van der Waals surface area (Å²) in [5.41, 5.74) is 0.487. The van der Waals surface area contributed by atoms with Crippen molar-refractivity contribution in [1.29, 1.82) is 0 Å². The number of halogens is 2. The number of rotatable bonds is 5. The highest BCUT2D eigenvalue weighted by Crippen LogP contribution is 2.20. The molecule has 0 spiro atoms. The van der Waals surface area contributed by atoms with Crippen LogP contribution in [0.4, 0.5) is 4.39 Å². The molecule has 0 saturated heterocycles. The predicted molar refractivity (Wildman–Crippen MR) is 72.4 cm³/mol. The second-order valence-electron chi connectivity index (χ2n) is 3.80. The summed E-state index contributed by atoms with van der Waals surface area (Å²) >= 11 is 6.98. The minimum atomic E-state index is -0.626. The summed E-state index contributed by atoms with van der Waals surface area (Å²) in [6, 6.07) is 3.57. The monoisotopic (exact) mass is 291 g/mol. The van der Waals surface area contributed by atoms with Gasteiger partial charge in [-0.05, 0) is 30.9 Å². The maximum Gasteiger partial charge on any atom is 0.233 e. The van der Waals surface area contributed by atoms with Crippen LogP contribution in [0.1, 0.15) is 18.5 Å². The molecule has 0 aliphatic heterocycles. The van der Waals surface area contributed by atoms with E-state index in [4.69, 9.17) is 11.6 Å². The molecule has 2 unspecified atom stereocenters. The van der Waals surface area contributed by atoms with Crippen LogP contribution in [0.3, 0.4) is 0 Å². The van der Waals surface area contributed by atoms with Gasteiger partial charge in [0, 0.05) is 0 Å². The number of aliphatic hydroxyl groups is 1. The Morgan fingerprint density at radius 2 is 2.28 bits per heavy atom. The zero-order valence-electron chi connectivity index (χ0n) is 10.1. The summed E-state index contributed by atoms with van der Waals surface area (Å²) in [6.45, 7) is 1.46. The molecule has 6 heteroatoms. The maximum absolute atomic E-state index is 13.3. The van der Waals surface area contributed by atoms with Crippen molar-refractivity contribution in [3.63, 3.8) is 0 Å². The Labute approximate surface area is 115 Å². The lowest BCUT2D eigenvalue weighted by atomic mass is 10.1. The predicted octanol–water partition coefficient (Wildman–Crippen LogP) is 2.38. The summed E-state index contributed by atoms with van der Waals surface area (Å²) in [7, 11) is 0. The highest BCUT2D eigenvalue weighted by molar-refractivity contribution is 7.99. The molecule has 1 aromatic rings. The first-order valence-corrected chi connectivity index (χ1v) is 7.05. The molecule has 0 fully saturated rings. The lowest BCUT2D eigenvalue weighted by molar-refractivity contribution is -0.121. The van der Waals surface area contributed by atoms with Crippen LogP contribution in [0.15, 0.2) is 18.2 Å². The molecule has 0 aromatic heterocycles. The van der Waals surface area contributed by atoms with Gasteiger partial charge < -0.3 is 10.4 Å². The summed E-state index contributed by atoms with van der Waals surface area (Å²) in [4.78, 5) is 11.7. The minimum Gasteiger partial charge on any atom is -0.394 e. The fourth-order valence-corrected chi connectivity index (χ4v) is 1.76. The number of amides is 1. The van der Waals surface area contributed by atoms with Crippen LogP contribution in [0.25, 0.3) is 0 Å². The second-order valence-corrected chi connectivity index (χ2v) is 5.38. The van der Waals surface area contributed by atoms with Crippen LogP contribution in [0.5, 0.6) is 0 Å². The normalized spacial score (nSPS) is 14.1. The topological polar surface area (TPSA) is 49.3 Å². The number of nitrogens with one attached hydrogen (secondary N) is 1. The van der Waals surface area contributed by atoms with Crippen molar-refractivity contribution >= 4 is 29.3 Å². The Bertz CT molecular complexity index is 431. The van der Waals surface area contributed by atoms with Crippen LogP contribution in [-0.2, 0) is 4.79 Å². The van der Waals surface area contributed by atoms with Gasteiger partial charge in [0.2, 0.25) is 5.91 Å². The molecule has 1 amide bonds. The van der Waals surface area contributed by atoms with Gasteiger partial charge in [-0.1, -0.05) is 17.7 Å². The molecule has 100 valence electrons. The summed E-state index contributed by atoms with van der Waals surface area (Å²) in [6.07, 6.45) is 1.82. The number of aliphatic hydroxyl groups excluding tert-OH is 1. The van der Waals surface area contributed by atoms with E-state index >= 15 is 0 Å². The van der Waals surface area contributed by atoms with E-state index in [0.717, 1.165) is 0 Å². The Hall–Kier alpha value is -0.780. The van der Waals surface area contributed by atoms with Crippen LogP contribution in [0, 0.1) is 5.82 Å². The third kappa shape index (κ3) is 3.86. The van der Waals surface area contributed by atoms with Crippen molar-refractivity contribution in [3.8, 4) is 0 Å². The summed E-state index contributed by atoms with van der Waals surface area (Å²) in [5, 5.41) is 11.7. The lowest BCUT2D eigenvalue weighted by Gasteiger charge is -2.19. The molecule has 1 aromatic carbocycles. The Morgan fingerprint density at radius 1 is 1.61 bits per heavy atom. The van der Waals surface area contributed by atoms with E-state index in [1.165, 1.54) is 23.9 Å². The van der Waals surface area contributed by atoms with E-state index in [2.05, 4.69) is 5.32 Å².